The van der Waals surface area contributed by atoms with Gasteiger partial charge in [0.25, 0.3) is 0 Å². The molecule has 1 aromatic heterocycles. The Labute approximate surface area is 175 Å². The SMILES string of the molecule is CCc1n[nH]c(=S)n1NCc1cc(OC)c(OCc2ccccc2F)cc1Br. The molecule has 0 saturated carbocycles. The lowest BCUT2D eigenvalue weighted by Gasteiger charge is -2.15. The second-order valence-electron chi connectivity index (χ2n) is 5.94. The molecule has 0 fully saturated rings. The number of hydrogen-bond acceptors (Lipinski definition) is 5. The first-order valence-electron chi connectivity index (χ1n) is 8.66. The fourth-order valence-corrected chi connectivity index (χ4v) is 3.33. The Hall–Kier alpha value is -2.39. The van der Waals surface area contributed by atoms with Crippen molar-refractivity contribution in [3.05, 3.63) is 68.4 Å². The third-order valence-corrected chi connectivity index (χ3v) is 5.17. The average Bonchev–Trinajstić information content (AvgIpc) is 3.06. The Morgan fingerprint density at radius 2 is 2.04 bits per heavy atom. The van der Waals surface area contributed by atoms with Crippen molar-refractivity contribution in [2.24, 2.45) is 0 Å². The second kappa shape index (κ2) is 9.20. The summed E-state index contributed by atoms with van der Waals surface area (Å²) in [7, 11) is 1.57. The Bertz CT molecular complexity index is 1020. The number of halogens is 2. The number of ether oxygens (including phenoxy) is 2. The van der Waals surface area contributed by atoms with E-state index in [9.17, 15) is 4.39 Å². The van der Waals surface area contributed by atoms with Gasteiger partial charge in [-0.1, -0.05) is 41.1 Å². The van der Waals surface area contributed by atoms with Crippen molar-refractivity contribution in [3.8, 4) is 11.5 Å². The number of aromatic amines is 1. The molecular weight excluding hydrogens is 447 g/mol. The van der Waals surface area contributed by atoms with Gasteiger partial charge in [-0.3, -0.25) is 5.10 Å². The highest BCUT2D eigenvalue weighted by atomic mass is 79.9. The summed E-state index contributed by atoms with van der Waals surface area (Å²) in [5.74, 6) is 1.60. The number of nitrogens with zero attached hydrogens (tertiary/aromatic N) is 2. The Morgan fingerprint density at radius 1 is 1.25 bits per heavy atom. The van der Waals surface area contributed by atoms with Gasteiger partial charge in [0.15, 0.2) is 17.3 Å². The molecule has 6 nitrogen and oxygen atoms in total. The number of methoxy groups -OCH3 is 1. The molecule has 0 saturated heterocycles. The average molecular weight is 467 g/mol. The van der Waals surface area contributed by atoms with E-state index in [1.807, 2.05) is 19.1 Å². The van der Waals surface area contributed by atoms with Gasteiger partial charge in [-0.25, -0.2) is 9.07 Å². The van der Waals surface area contributed by atoms with E-state index in [0.29, 0.717) is 28.4 Å². The van der Waals surface area contributed by atoms with Crippen molar-refractivity contribution in [1.82, 2.24) is 14.9 Å². The zero-order valence-corrected chi connectivity index (χ0v) is 17.9. The van der Waals surface area contributed by atoms with Gasteiger partial charge in [0, 0.05) is 16.5 Å². The van der Waals surface area contributed by atoms with Gasteiger partial charge in [0.1, 0.15) is 12.4 Å². The third kappa shape index (κ3) is 4.53. The molecule has 0 spiro atoms. The summed E-state index contributed by atoms with van der Waals surface area (Å²) in [6, 6.07) is 10.2. The van der Waals surface area contributed by atoms with Gasteiger partial charge in [0.2, 0.25) is 4.77 Å². The van der Waals surface area contributed by atoms with E-state index in [1.54, 1.807) is 30.0 Å². The molecule has 0 aliphatic heterocycles. The minimum absolute atomic E-state index is 0.108. The van der Waals surface area contributed by atoms with Crippen molar-refractivity contribution in [2.45, 2.75) is 26.5 Å². The van der Waals surface area contributed by atoms with Gasteiger partial charge < -0.3 is 14.9 Å². The highest BCUT2D eigenvalue weighted by Crippen LogP contribution is 2.34. The van der Waals surface area contributed by atoms with E-state index in [0.717, 1.165) is 22.3 Å². The van der Waals surface area contributed by atoms with Crippen LogP contribution in [-0.4, -0.2) is 22.0 Å². The first kappa shape index (κ1) is 20.3. The molecule has 0 aliphatic rings. The van der Waals surface area contributed by atoms with Crippen LogP contribution >= 0.6 is 28.1 Å². The first-order chi connectivity index (χ1) is 13.5. The lowest BCUT2D eigenvalue weighted by Crippen LogP contribution is -2.17. The Morgan fingerprint density at radius 3 is 2.75 bits per heavy atom. The van der Waals surface area contributed by atoms with Crippen LogP contribution in [0, 0.1) is 10.6 Å². The molecule has 1 heterocycles. The van der Waals surface area contributed by atoms with Crippen LogP contribution in [0.1, 0.15) is 23.9 Å². The summed E-state index contributed by atoms with van der Waals surface area (Å²) in [5.41, 5.74) is 4.67. The minimum Gasteiger partial charge on any atom is -0.493 e. The van der Waals surface area contributed by atoms with Gasteiger partial charge in [-0.2, -0.15) is 5.10 Å². The molecule has 0 atom stereocenters. The molecule has 0 amide bonds. The van der Waals surface area contributed by atoms with E-state index in [1.165, 1.54) is 6.07 Å². The van der Waals surface area contributed by atoms with Crippen LogP contribution < -0.4 is 14.9 Å². The van der Waals surface area contributed by atoms with Crippen LogP contribution in [0.15, 0.2) is 40.9 Å². The van der Waals surface area contributed by atoms with Gasteiger partial charge in [-0.05, 0) is 36.0 Å². The standard InChI is InChI=1S/C19H20BrFN4O2S/c1-3-18-23-24-19(28)25(18)22-10-13-8-16(26-2)17(9-14(13)20)27-11-12-6-4-5-7-15(12)21/h4-9,22H,3,10-11H2,1-2H3,(H,24,28). The first-order valence-corrected chi connectivity index (χ1v) is 9.86. The van der Waals surface area contributed by atoms with E-state index >= 15 is 0 Å². The van der Waals surface area contributed by atoms with Crippen LogP contribution in [0.25, 0.3) is 0 Å². The maximum atomic E-state index is 13.8. The number of rotatable bonds is 8. The lowest BCUT2D eigenvalue weighted by molar-refractivity contribution is 0.279. The monoisotopic (exact) mass is 466 g/mol. The van der Waals surface area contributed by atoms with Crippen LogP contribution in [0.4, 0.5) is 4.39 Å². The predicted molar refractivity (Wildman–Crippen MR) is 111 cm³/mol. The number of nitrogens with one attached hydrogen (secondary N) is 2. The van der Waals surface area contributed by atoms with Crippen LogP contribution in [0.3, 0.4) is 0 Å². The molecular formula is C19H20BrFN4O2S. The third-order valence-electron chi connectivity index (χ3n) is 4.16. The fourth-order valence-electron chi connectivity index (χ4n) is 2.65. The van der Waals surface area contributed by atoms with Crippen molar-refractivity contribution < 1.29 is 13.9 Å². The molecule has 3 aromatic rings. The van der Waals surface area contributed by atoms with Gasteiger partial charge in [-0.15, -0.1) is 0 Å². The van der Waals surface area contributed by atoms with Gasteiger partial charge >= 0.3 is 0 Å². The number of aryl methyl sites for hydroxylation is 1. The molecule has 0 aliphatic carbocycles. The molecule has 9 heteroatoms. The normalized spacial score (nSPS) is 10.7. The summed E-state index contributed by atoms with van der Waals surface area (Å²) in [6.45, 7) is 2.60. The summed E-state index contributed by atoms with van der Waals surface area (Å²) >= 11 is 8.80. The summed E-state index contributed by atoms with van der Waals surface area (Å²) in [6.07, 6.45) is 0.744. The van der Waals surface area contributed by atoms with Crippen molar-refractivity contribution in [2.75, 3.05) is 12.5 Å². The molecule has 0 bridgehead atoms. The van der Waals surface area contributed by atoms with Gasteiger partial charge in [0.05, 0.1) is 13.7 Å². The van der Waals surface area contributed by atoms with Crippen LogP contribution in [0.2, 0.25) is 0 Å². The quantitative estimate of drug-likeness (QED) is 0.469. The predicted octanol–water partition coefficient (Wildman–Crippen LogP) is 4.74. The molecule has 2 aromatic carbocycles. The fraction of sp³-hybridized carbons (Fsp3) is 0.263. The van der Waals surface area contributed by atoms with E-state index in [4.69, 9.17) is 21.7 Å². The van der Waals surface area contributed by atoms with E-state index in [-0.39, 0.29) is 12.4 Å². The number of benzene rings is 2. The zero-order chi connectivity index (χ0) is 20.1. The van der Waals surface area contributed by atoms with Crippen LogP contribution in [-0.2, 0) is 19.6 Å². The molecule has 0 unspecified atom stereocenters. The smallest absolute Gasteiger partial charge is 0.214 e. The maximum Gasteiger partial charge on any atom is 0.214 e. The number of aromatic nitrogens is 3. The highest BCUT2D eigenvalue weighted by Gasteiger charge is 2.12. The van der Waals surface area contributed by atoms with Crippen LogP contribution in [0.5, 0.6) is 11.5 Å². The van der Waals surface area contributed by atoms with E-state index < -0.39 is 0 Å². The largest absolute Gasteiger partial charge is 0.493 e. The van der Waals surface area contributed by atoms with E-state index in [2.05, 4.69) is 31.6 Å². The molecule has 2 N–H and O–H groups in total. The summed E-state index contributed by atoms with van der Waals surface area (Å²) < 4.78 is 28.1. The second-order valence-corrected chi connectivity index (χ2v) is 7.18. The Balaban J connectivity index is 1.76. The number of H-pyrrole nitrogens is 1. The topological polar surface area (TPSA) is 64.1 Å². The summed E-state index contributed by atoms with van der Waals surface area (Å²) in [5, 5.41) is 6.95. The minimum atomic E-state index is -0.301. The maximum absolute atomic E-state index is 13.8. The van der Waals surface area contributed by atoms with Crippen molar-refractivity contribution >= 4 is 28.1 Å². The lowest BCUT2D eigenvalue weighted by atomic mass is 10.2. The Kier molecular flexibility index (Phi) is 6.69. The number of hydrogen-bond donors (Lipinski definition) is 2. The van der Waals surface area contributed by atoms with Crippen molar-refractivity contribution in [3.63, 3.8) is 0 Å². The zero-order valence-electron chi connectivity index (χ0n) is 15.5. The molecule has 28 heavy (non-hydrogen) atoms. The molecule has 0 radical (unpaired) electrons. The highest BCUT2D eigenvalue weighted by molar-refractivity contribution is 9.10. The summed E-state index contributed by atoms with van der Waals surface area (Å²) in [4.78, 5) is 0. The molecule has 148 valence electrons. The molecule has 3 rings (SSSR count). The van der Waals surface area contributed by atoms with Crippen molar-refractivity contribution in [1.29, 1.82) is 0 Å².